The molecule has 0 spiro atoms. The second-order valence-corrected chi connectivity index (χ2v) is 9.89. The van der Waals surface area contributed by atoms with Crippen LogP contribution in [-0.4, -0.2) is 28.1 Å². The van der Waals surface area contributed by atoms with Gasteiger partial charge in [-0.3, -0.25) is 4.79 Å². The molecule has 4 aromatic rings. The third-order valence-corrected chi connectivity index (χ3v) is 6.84. The molecule has 0 aliphatic heterocycles. The zero-order chi connectivity index (χ0) is 29.5. The number of carbonyl (C=O) groups is 2. The standard InChI is InChI=1S/C31H28N2O7S/c1-3-26(40-33(36)37)16-20-4-6-22(7-5-20)31(35)39-28-15-12-24-17-23(8-9-25(24)18-28)19(2)30(34)38-27-13-10-21(11-14-27)29(32)41/h4-15,17-19,26H,3,16H2,1-2H3,(H2,32,41)/t19-,26?/m0/s1. The Balaban J connectivity index is 1.39. The van der Waals surface area contributed by atoms with Gasteiger partial charge in [0.25, 0.3) is 5.09 Å². The Labute approximate surface area is 241 Å². The molecule has 41 heavy (non-hydrogen) atoms. The van der Waals surface area contributed by atoms with Gasteiger partial charge in [0, 0.05) is 5.56 Å². The van der Waals surface area contributed by atoms with Crippen LogP contribution in [0.2, 0.25) is 0 Å². The first kappa shape index (κ1) is 29.2. The van der Waals surface area contributed by atoms with Crippen molar-refractivity contribution in [3.8, 4) is 11.5 Å². The molecule has 0 aliphatic carbocycles. The van der Waals surface area contributed by atoms with Crippen LogP contribution in [-0.2, 0) is 16.1 Å². The number of rotatable bonds is 11. The zero-order valence-corrected chi connectivity index (χ0v) is 23.3. The number of thiocarbonyl (C=S) groups is 1. The average Bonchev–Trinajstić information content (AvgIpc) is 2.96. The number of benzene rings is 4. The van der Waals surface area contributed by atoms with Crippen molar-refractivity contribution in [1.82, 2.24) is 0 Å². The number of nitrogens with zero attached hydrogens (tertiary/aromatic N) is 1. The third-order valence-electron chi connectivity index (χ3n) is 6.60. The van der Waals surface area contributed by atoms with Crippen molar-refractivity contribution in [2.24, 2.45) is 5.73 Å². The number of nitrogens with two attached hydrogens (primary N) is 1. The highest BCUT2D eigenvalue weighted by molar-refractivity contribution is 7.80. The molecule has 2 atom stereocenters. The highest BCUT2D eigenvalue weighted by atomic mass is 32.1. The van der Waals surface area contributed by atoms with E-state index in [1.165, 1.54) is 0 Å². The lowest BCUT2D eigenvalue weighted by Gasteiger charge is -2.13. The maximum atomic E-state index is 12.7. The maximum Gasteiger partial charge on any atom is 0.343 e. The fourth-order valence-corrected chi connectivity index (χ4v) is 4.32. The first-order valence-electron chi connectivity index (χ1n) is 12.9. The van der Waals surface area contributed by atoms with Crippen LogP contribution in [0.15, 0.2) is 84.9 Å². The lowest BCUT2D eigenvalue weighted by molar-refractivity contribution is -0.768. The van der Waals surface area contributed by atoms with Gasteiger partial charge in [0.1, 0.15) is 22.6 Å². The molecule has 9 nitrogen and oxygen atoms in total. The van der Waals surface area contributed by atoms with Crippen molar-refractivity contribution >= 4 is 39.9 Å². The van der Waals surface area contributed by atoms with Crippen LogP contribution < -0.4 is 15.2 Å². The molecule has 1 unspecified atom stereocenters. The van der Waals surface area contributed by atoms with Gasteiger partial charge in [-0.05, 0) is 90.2 Å². The summed E-state index contributed by atoms with van der Waals surface area (Å²) in [6, 6.07) is 24.2. The monoisotopic (exact) mass is 572 g/mol. The van der Waals surface area contributed by atoms with E-state index in [0.29, 0.717) is 35.5 Å². The van der Waals surface area contributed by atoms with Crippen molar-refractivity contribution in [3.63, 3.8) is 0 Å². The van der Waals surface area contributed by atoms with Gasteiger partial charge in [0.15, 0.2) is 0 Å². The molecule has 0 amide bonds. The summed E-state index contributed by atoms with van der Waals surface area (Å²) >= 11 is 4.94. The van der Waals surface area contributed by atoms with Crippen LogP contribution in [0.5, 0.6) is 11.5 Å². The Morgan fingerprint density at radius 1 is 0.878 bits per heavy atom. The molecule has 0 fully saturated rings. The Bertz CT molecular complexity index is 1590. The summed E-state index contributed by atoms with van der Waals surface area (Å²) in [7, 11) is 0. The molecule has 0 bridgehead atoms. The van der Waals surface area contributed by atoms with Crippen LogP contribution in [0, 0.1) is 10.1 Å². The molecule has 0 aliphatic rings. The summed E-state index contributed by atoms with van der Waals surface area (Å²) in [6.45, 7) is 3.58. The SMILES string of the molecule is CCC(Cc1ccc(C(=O)Oc2ccc3cc([C@H](C)C(=O)Oc4ccc(C(N)=S)cc4)ccc3c2)cc1)O[N+](=O)[O-]. The minimum absolute atomic E-state index is 0.268. The fraction of sp³-hybridized carbons (Fsp3) is 0.194. The van der Waals surface area contributed by atoms with E-state index in [9.17, 15) is 19.7 Å². The summed E-state index contributed by atoms with van der Waals surface area (Å²) in [5.74, 6) is -0.678. The topological polar surface area (TPSA) is 131 Å². The molecule has 4 aromatic carbocycles. The van der Waals surface area contributed by atoms with Crippen molar-refractivity contribution in [3.05, 3.63) is 117 Å². The predicted molar refractivity (Wildman–Crippen MR) is 158 cm³/mol. The molecule has 2 N–H and O–H groups in total. The number of ether oxygens (including phenoxy) is 2. The third kappa shape index (κ3) is 7.64. The molecule has 0 saturated carbocycles. The molecule has 0 saturated heterocycles. The normalized spacial score (nSPS) is 12.2. The summed E-state index contributed by atoms with van der Waals surface area (Å²) < 4.78 is 11.1. The minimum Gasteiger partial charge on any atom is -0.426 e. The molecule has 0 radical (unpaired) electrons. The van der Waals surface area contributed by atoms with Crippen LogP contribution in [0.1, 0.15) is 53.2 Å². The van der Waals surface area contributed by atoms with E-state index in [4.69, 9.17) is 27.4 Å². The van der Waals surface area contributed by atoms with E-state index in [0.717, 1.165) is 21.9 Å². The maximum absolute atomic E-state index is 12.7. The lowest BCUT2D eigenvalue weighted by Crippen LogP contribution is -2.19. The molecule has 210 valence electrons. The van der Waals surface area contributed by atoms with Gasteiger partial charge in [-0.25, -0.2) is 4.79 Å². The van der Waals surface area contributed by atoms with Crippen molar-refractivity contribution in [1.29, 1.82) is 0 Å². The summed E-state index contributed by atoms with van der Waals surface area (Å²) in [4.78, 5) is 41.0. The van der Waals surface area contributed by atoms with Gasteiger partial charge in [0.05, 0.1) is 11.5 Å². The van der Waals surface area contributed by atoms with Crippen LogP contribution in [0.25, 0.3) is 10.8 Å². The quantitative estimate of drug-likeness (QED) is 0.0763. The van der Waals surface area contributed by atoms with E-state index in [1.54, 1.807) is 74.5 Å². The van der Waals surface area contributed by atoms with E-state index >= 15 is 0 Å². The number of hydrogen-bond acceptors (Lipinski definition) is 8. The lowest BCUT2D eigenvalue weighted by atomic mass is 9.98. The molecule has 4 rings (SSSR count). The highest BCUT2D eigenvalue weighted by Crippen LogP contribution is 2.27. The first-order valence-corrected chi connectivity index (χ1v) is 13.3. The smallest absolute Gasteiger partial charge is 0.343 e. The first-order chi connectivity index (χ1) is 19.6. The van der Waals surface area contributed by atoms with Crippen LogP contribution >= 0.6 is 12.2 Å². The van der Waals surface area contributed by atoms with Gasteiger partial charge in [-0.1, -0.05) is 55.5 Å². The van der Waals surface area contributed by atoms with E-state index in [2.05, 4.69) is 4.84 Å². The predicted octanol–water partition coefficient (Wildman–Crippen LogP) is 5.93. The number of hydrogen-bond donors (Lipinski definition) is 1. The van der Waals surface area contributed by atoms with Crippen molar-refractivity contribution < 1.29 is 29.0 Å². The second kappa shape index (κ2) is 13.0. The molecule has 0 heterocycles. The highest BCUT2D eigenvalue weighted by Gasteiger charge is 2.19. The zero-order valence-electron chi connectivity index (χ0n) is 22.4. The van der Waals surface area contributed by atoms with Crippen molar-refractivity contribution in [2.75, 3.05) is 0 Å². The Morgan fingerprint density at radius 2 is 1.49 bits per heavy atom. The van der Waals surface area contributed by atoms with Crippen molar-refractivity contribution in [2.45, 2.75) is 38.7 Å². The van der Waals surface area contributed by atoms with E-state index < -0.39 is 29.0 Å². The average molecular weight is 573 g/mol. The van der Waals surface area contributed by atoms with Gasteiger partial charge in [0.2, 0.25) is 0 Å². The summed E-state index contributed by atoms with van der Waals surface area (Å²) in [6.07, 6.45) is 0.285. The van der Waals surface area contributed by atoms with E-state index in [1.807, 2.05) is 24.3 Å². The molecular formula is C31H28N2O7S. The molecule has 0 aromatic heterocycles. The van der Waals surface area contributed by atoms with Crippen LogP contribution in [0.3, 0.4) is 0 Å². The summed E-state index contributed by atoms with van der Waals surface area (Å²) in [5.41, 5.74) is 8.23. The summed E-state index contributed by atoms with van der Waals surface area (Å²) in [5, 5.41) is 11.5. The van der Waals surface area contributed by atoms with Gasteiger partial charge in [-0.2, -0.15) is 0 Å². The van der Waals surface area contributed by atoms with Gasteiger partial charge >= 0.3 is 11.9 Å². The van der Waals surface area contributed by atoms with Crippen LogP contribution in [0.4, 0.5) is 0 Å². The van der Waals surface area contributed by atoms with E-state index in [-0.39, 0.29) is 4.99 Å². The number of carbonyl (C=O) groups excluding carboxylic acids is 2. The van der Waals surface area contributed by atoms with Gasteiger partial charge < -0.3 is 20.0 Å². The Kier molecular flexibility index (Phi) is 9.26. The Morgan fingerprint density at radius 3 is 2.12 bits per heavy atom. The largest absolute Gasteiger partial charge is 0.426 e. The molecule has 10 heteroatoms. The fourth-order valence-electron chi connectivity index (χ4n) is 4.19. The second-order valence-electron chi connectivity index (χ2n) is 9.45. The minimum atomic E-state index is -0.792. The van der Waals surface area contributed by atoms with Gasteiger partial charge in [-0.15, -0.1) is 10.1 Å². The number of fused-ring (bicyclic) bond motifs is 1. The Hall–Kier alpha value is -4.83. The molecular weight excluding hydrogens is 544 g/mol. The number of esters is 2.